The summed E-state index contributed by atoms with van der Waals surface area (Å²) >= 11 is 0. The average molecular weight is 208 g/mol. The van der Waals surface area contributed by atoms with E-state index in [4.69, 9.17) is 9.84 Å². The van der Waals surface area contributed by atoms with Gasteiger partial charge in [0, 0.05) is 5.57 Å². The number of hydrogen-bond acceptors (Lipinski definition) is 3. The topological polar surface area (TPSA) is 66.8 Å². The zero-order valence-electron chi connectivity index (χ0n) is 8.52. The summed E-state index contributed by atoms with van der Waals surface area (Å²) in [7, 11) is 1.44. The van der Waals surface area contributed by atoms with E-state index in [1.807, 2.05) is 0 Å². The molecule has 4 nitrogen and oxygen atoms in total. The molecule has 0 unspecified atom stereocenters. The molecule has 4 heteroatoms. The molecule has 0 heterocycles. The Kier molecular flexibility index (Phi) is 3.33. The van der Waals surface area contributed by atoms with Gasteiger partial charge in [0.15, 0.2) is 11.5 Å². The van der Waals surface area contributed by atoms with E-state index in [0.717, 1.165) is 0 Å². The number of methoxy groups -OCH3 is 1. The minimum atomic E-state index is -0.970. The number of aliphatic carboxylic acids is 1. The highest BCUT2D eigenvalue weighted by molar-refractivity contribution is 5.91. The number of aromatic hydroxyl groups is 1. The smallest absolute Gasteiger partial charge is 0.331 e. The first kappa shape index (κ1) is 11.1. The van der Waals surface area contributed by atoms with E-state index in [1.165, 1.54) is 26.2 Å². The molecule has 0 amide bonds. The van der Waals surface area contributed by atoms with Crippen molar-refractivity contribution in [1.29, 1.82) is 0 Å². The van der Waals surface area contributed by atoms with Gasteiger partial charge in [0.25, 0.3) is 0 Å². The molecule has 0 aromatic heterocycles. The predicted octanol–water partition coefficient (Wildman–Crippen LogP) is 1.89. The van der Waals surface area contributed by atoms with Crippen LogP contribution in [0.15, 0.2) is 23.8 Å². The highest BCUT2D eigenvalue weighted by Crippen LogP contribution is 2.27. The van der Waals surface area contributed by atoms with Crippen LogP contribution in [0.5, 0.6) is 11.5 Å². The fourth-order valence-corrected chi connectivity index (χ4v) is 1.10. The lowest BCUT2D eigenvalue weighted by molar-refractivity contribution is -0.132. The van der Waals surface area contributed by atoms with Crippen LogP contribution in [-0.4, -0.2) is 23.3 Å². The molecule has 0 saturated heterocycles. The SMILES string of the molecule is COc1cc(C=C(C)C(=O)O)ccc1O. The lowest BCUT2D eigenvalue weighted by Crippen LogP contribution is -1.95. The number of phenols is 1. The van der Waals surface area contributed by atoms with Gasteiger partial charge >= 0.3 is 5.97 Å². The largest absolute Gasteiger partial charge is 0.504 e. The molecule has 1 aromatic rings. The van der Waals surface area contributed by atoms with E-state index >= 15 is 0 Å². The second-order valence-electron chi connectivity index (χ2n) is 3.06. The third kappa shape index (κ3) is 2.74. The molecular weight excluding hydrogens is 196 g/mol. The molecule has 80 valence electrons. The third-order valence-corrected chi connectivity index (χ3v) is 1.92. The summed E-state index contributed by atoms with van der Waals surface area (Å²) in [6.45, 7) is 1.50. The first-order valence-corrected chi connectivity index (χ1v) is 4.33. The zero-order valence-corrected chi connectivity index (χ0v) is 8.52. The molecule has 0 fully saturated rings. The molecule has 0 atom stereocenters. The fourth-order valence-electron chi connectivity index (χ4n) is 1.10. The Labute approximate surface area is 87.4 Å². The van der Waals surface area contributed by atoms with Crippen LogP contribution < -0.4 is 4.74 Å². The van der Waals surface area contributed by atoms with Crippen molar-refractivity contribution in [3.05, 3.63) is 29.3 Å². The van der Waals surface area contributed by atoms with Gasteiger partial charge in [-0.2, -0.15) is 0 Å². The molecule has 0 spiro atoms. The zero-order chi connectivity index (χ0) is 11.4. The summed E-state index contributed by atoms with van der Waals surface area (Å²) in [6.07, 6.45) is 1.50. The van der Waals surface area contributed by atoms with Crippen molar-refractivity contribution in [2.45, 2.75) is 6.92 Å². The van der Waals surface area contributed by atoms with Crippen molar-refractivity contribution in [1.82, 2.24) is 0 Å². The molecule has 0 saturated carbocycles. The number of ether oxygens (including phenoxy) is 1. The van der Waals surface area contributed by atoms with Crippen LogP contribution in [0.4, 0.5) is 0 Å². The number of benzene rings is 1. The Morgan fingerprint density at radius 3 is 2.67 bits per heavy atom. The van der Waals surface area contributed by atoms with Crippen LogP contribution in [0, 0.1) is 0 Å². The van der Waals surface area contributed by atoms with E-state index in [2.05, 4.69) is 0 Å². The molecule has 0 aliphatic heterocycles. The van der Waals surface area contributed by atoms with E-state index in [9.17, 15) is 9.90 Å². The molecule has 2 N–H and O–H groups in total. The molecule has 1 aromatic carbocycles. The van der Waals surface area contributed by atoms with Gasteiger partial charge in [-0.25, -0.2) is 4.79 Å². The maximum Gasteiger partial charge on any atom is 0.331 e. The minimum absolute atomic E-state index is 0.0302. The van der Waals surface area contributed by atoms with Crippen LogP contribution in [0.2, 0.25) is 0 Å². The van der Waals surface area contributed by atoms with Gasteiger partial charge in [0.2, 0.25) is 0 Å². The standard InChI is InChI=1S/C11H12O4/c1-7(11(13)14)5-8-3-4-9(12)10(6-8)15-2/h3-6,12H,1-2H3,(H,13,14). The quantitative estimate of drug-likeness (QED) is 0.744. The van der Waals surface area contributed by atoms with Crippen molar-refractivity contribution in [2.75, 3.05) is 7.11 Å². The molecule has 0 bridgehead atoms. The lowest BCUT2D eigenvalue weighted by Gasteiger charge is -2.04. The number of carbonyl (C=O) groups is 1. The van der Waals surface area contributed by atoms with Crippen molar-refractivity contribution in [3.8, 4) is 11.5 Å². The summed E-state index contributed by atoms with van der Waals surface area (Å²) in [6, 6.07) is 4.64. The Morgan fingerprint density at radius 2 is 2.13 bits per heavy atom. The van der Waals surface area contributed by atoms with Crippen LogP contribution in [0.1, 0.15) is 12.5 Å². The Hall–Kier alpha value is -1.97. The molecule has 15 heavy (non-hydrogen) atoms. The van der Waals surface area contributed by atoms with Gasteiger partial charge in [0.05, 0.1) is 7.11 Å². The predicted molar refractivity (Wildman–Crippen MR) is 55.9 cm³/mol. The lowest BCUT2D eigenvalue weighted by atomic mass is 10.1. The van der Waals surface area contributed by atoms with Gasteiger partial charge in [0.1, 0.15) is 0 Å². The van der Waals surface area contributed by atoms with E-state index < -0.39 is 5.97 Å². The number of phenolic OH excluding ortho intramolecular Hbond substituents is 1. The van der Waals surface area contributed by atoms with Crippen molar-refractivity contribution < 1.29 is 19.7 Å². The van der Waals surface area contributed by atoms with E-state index in [-0.39, 0.29) is 11.3 Å². The monoisotopic (exact) mass is 208 g/mol. The number of carboxylic acid groups (broad SMARTS) is 1. The van der Waals surface area contributed by atoms with Crippen molar-refractivity contribution in [3.63, 3.8) is 0 Å². The molecule has 1 rings (SSSR count). The number of carboxylic acids is 1. The van der Waals surface area contributed by atoms with Crippen molar-refractivity contribution in [2.24, 2.45) is 0 Å². The maximum atomic E-state index is 10.6. The first-order chi connectivity index (χ1) is 7.04. The summed E-state index contributed by atoms with van der Waals surface area (Å²) in [4.78, 5) is 10.6. The average Bonchev–Trinajstić information content (AvgIpc) is 2.20. The third-order valence-electron chi connectivity index (χ3n) is 1.92. The minimum Gasteiger partial charge on any atom is -0.504 e. The number of rotatable bonds is 3. The Morgan fingerprint density at radius 1 is 1.47 bits per heavy atom. The Bertz CT molecular complexity index is 407. The van der Waals surface area contributed by atoms with Gasteiger partial charge in [-0.05, 0) is 30.7 Å². The molecule has 0 aliphatic carbocycles. The number of hydrogen-bond donors (Lipinski definition) is 2. The maximum absolute atomic E-state index is 10.6. The summed E-state index contributed by atoms with van der Waals surface area (Å²) in [5.74, 6) is -0.619. The van der Waals surface area contributed by atoms with Gasteiger partial charge in [-0.1, -0.05) is 6.07 Å². The highest BCUT2D eigenvalue weighted by atomic mass is 16.5. The summed E-state index contributed by atoms with van der Waals surface area (Å²) < 4.78 is 4.90. The molecule has 0 aliphatic rings. The van der Waals surface area contributed by atoms with Gasteiger partial charge in [-0.15, -0.1) is 0 Å². The second-order valence-corrected chi connectivity index (χ2v) is 3.06. The summed E-state index contributed by atoms with van der Waals surface area (Å²) in [5.41, 5.74) is 0.896. The van der Waals surface area contributed by atoms with Crippen LogP contribution in [0.3, 0.4) is 0 Å². The summed E-state index contributed by atoms with van der Waals surface area (Å²) in [5, 5.41) is 18.0. The fraction of sp³-hybridized carbons (Fsp3) is 0.182. The van der Waals surface area contributed by atoms with Gasteiger partial charge in [-0.3, -0.25) is 0 Å². The van der Waals surface area contributed by atoms with Crippen molar-refractivity contribution >= 4 is 12.0 Å². The molecule has 0 radical (unpaired) electrons. The van der Waals surface area contributed by atoms with E-state index in [0.29, 0.717) is 11.3 Å². The van der Waals surface area contributed by atoms with Gasteiger partial charge < -0.3 is 14.9 Å². The van der Waals surface area contributed by atoms with Crippen LogP contribution in [0.25, 0.3) is 6.08 Å². The Balaban J connectivity index is 3.07. The van der Waals surface area contributed by atoms with Crippen LogP contribution >= 0.6 is 0 Å². The molecular formula is C11H12O4. The highest BCUT2D eigenvalue weighted by Gasteiger charge is 2.03. The van der Waals surface area contributed by atoms with E-state index in [1.54, 1.807) is 12.1 Å². The van der Waals surface area contributed by atoms with Crippen LogP contribution in [-0.2, 0) is 4.79 Å². The first-order valence-electron chi connectivity index (χ1n) is 4.33. The second kappa shape index (κ2) is 4.50. The normalized spacial score (nSPS) is 11.2.